The third kappa shape index (κ3) is 5.63. The summed E-state index contributed by atoms with van der Waals surface area (Å²) in [4.78, 5) is 5.76. The minimum absolute atomic E-state index is 0.840. The first-order chi connectivity index (χ1) is 3.27. The molecule has 7 heavy (non-hydrogen) atoms. The standard InChI is InChI=1S/C5H12N2/c1-6-4-5-7(2)3/h1,4-5H2,2-3H3. The van der Waals surface area contributed by atoms with Crippen molar-refractivity contribution in [3.05, 3.63) is 0 Å². The van der Waals surface area contributed by atoms with Crippen LogP contribution in [0, 0.1) is 0 Å². The van der Waals surface area contributed by atoms with Crippen molar-refractivity contribution in [3.63, 3.8) is 0 Å². The number of nitrogens with zero attached hydrogens (tertiary/aromatic N) is 2. The van der Waals surface area contributed by atoms with E-state index in [9.17, 15) is 0 Å². The molecule has 0 amide bonds. The molecule has 0 unspecified atom stereocenters. The second kappa shape index (κ2) is 3.81. The summed E-state index contributed by atoms with van der Waals surface area (Å²) in [6.45, 7) is 5.20. The van der Waals surface area contributed by atoms with Gasteiger partial charge in [-0.05, 0) is 20.8 Å². The number of hydrogen-bond acceptors (Lipinski definition) is 2. The van der Waals surface area contributed by atoms with E-state index in [1.807, 2.05) is 14.1 Å². The van der Waals surface area contributed by atoms with Gasteiger partial charge >= 0.3 is 0 Å². The Labute approximate surface area is 44.9 Å². The summed E-state index contributed by atoms with van der Waals surface area (Å²) >= 11 is 0. The maximum absolute atomic E-state index is 3.68. The predicted molar refractivity (Wildman–Crippen MR) is 33.0 cm³/mol. The van der Waals surface area contributed by atoms with Gasteiger partial charge < -0.3 is 4.90 Å². The van der Waals surface area contributed by atoms with Crippen molar-refractivity contribution in [2.45, 2.75) is 0 Å². The molecule has 0 saturated heterocycles. The molecular weight excluding hydrogens is 88.1 g/mol. The molecule has 0 bridgehead atoms. The molecule has 0 radical (unpaired) electrons. The fraction of sp³-hybridized carbons (Fsp3) is 0.800. The van der Waals surface area contributed by atoms with Gasteiger partial charge in [0.15, 0.2) is 0 Å². The Balaban J connectivity index is 2.81. The molecule has 42 valence electrons. The molecule has 0 fully saturated rings. The summed E-state index contributed by atoms with van der Waals surface area (Å²) in [5.74, 6) is 0. The lowest BCUT2D eigenvalue weighted by atomic mass is 10.6. The minimum Gasteiger partial charge on any atom is -0.308 e. The van der Waals surface area contributed by atoms with E-state index in [0.29, 0.717) is 0 Å². The zero-order chi connectivity index (χ0) is 5.70. The fourth-order valence-electron chi connectivity index (χ4n) is 0.271. The molecule has 0 aliphatic heterocycles. The van der Waals surface area contributed by atoms with Crippen LogP contribution in [-0.2, 0) is 0 Å². The van der Waals surface area contributed by atoms with Crippen molar-refractivity contribution in [1.29, 1.82) is 0 Å². The normalized spacial score (nSPS) is 9.57. The number of aliphatic imine (C=N–C) groups is 1. The van der Waals surface area contributed by atoms with Crippen LogP contribution in [0.4, 0.5) is 0 Å². The molecule has 0 N–H and O–H groups in total. The number of rotatable bonds is 3. The van der Waals surface area contributed by atoms with Crippen LogP contribution in [0.3, 0.4) is 0 Å². The first-order valence-electron chi connectivity index (χ1n) is 2.34. The van der Waals surface area contributed by atoms with E-state index in [-0.39, 0.29) is 0 Å². The van der Waals surface area contributed by atoms with Gasteiger partial charge in [-0.3, -0.25) is 4.99 Å². The van der Waals surface area contributed by atoms with Crippen molar-refractivity contribution in [1.82, 2.24) is 4.90 Å². The lowest BCUT2D eigenvalue weighted by molar-refractivity contribution is 0.421. The third-order valence-electron chi connectivity index (χ3n) is 0.705. The van der Waals surface area contributed by atoms with Crippen LogP contribution in [0.25, 0.3) is 0 Å². The van der Waals surface area contributed by atoms with Gasteiger partial charge in [-0.2, -0.15) is 0 Å². The zero-order valence-corrected chi connectivity index (χ0v) is 5.02. The molecular formula is C5H12N2. The third-order valence-corrected chi connectivity index (χ3v) is 0.705. The summed E-state index contributed by atoms with van der Waals surface area (Å²) in [6.07, 6.45) is 0. The molecule has 0 aliphatic rings. The van der Waals surface area contributed by atoms with E-state index in [2.05, 4.69) is 16.6 Å². The molecule has 0 rings (SSSR count). The summed E-state index contributed by atoms with van der Waals surface area (Å²) in [7, 11) is 4.04. The van der Waals surface area contributed by atoms with E-state index in [4.69, 9.17) is 0 Å². The molecule has 0 aliphatic carbocycles. The zero-order valence-electron chi connectivity index (χ0n) is 5.02. The largest absolute Gasteiger partial charge is 0.308 e. The van der Waals surface area contributed by atoms with Crippen LogP contribution in [-0.4, -0.2) is 38.8 Å². The summed E-state index contributed by atoms with van der Waals surface area (Å²) < 4.78 is 0. The monoisotopic (exact) mass is 100 g/mol. The van der Waals surface area contributed by atoms with Crippen molar-refractivity contribution in [3.8, 4) is 0 Å². The number of hydrogen-bond donors (Lipinski definition) is 0. The van der Waals surface area contributed by atoms with Gasteiger partial charge in [0.05, 0.1) is 6.54 Å². The topological polar surface area (TPSA) is 15.6 Å². The van der Waals surface area contributed by atoms with E-state index in [1.54, 1.807) is 0 Å². The smallest absolute Gasteiger partial charge is 0.0509 e. The first-order valence-corrected chi connectivity index (χ1v) is 2.34. The highest BCUT2D eigenvalue weighted by molar-refractivity contribution is 5.23. The molecule has 0 heterocycles. The average Bonchev–Trinajstić information content (AvgIpc) is 1.61. The Hall–Kier alpha value is -0.370. The Morgan fingerprint density at radius 1 is 1.57 bits per heavy atom. The highest BCUT2D eigenvalue weighted by Gasteiger charge is 1.82. The Bertz CT molecular complexity index is 50.0. The van der Waals surface area contributed by atoms with E-state index in [1.165, 1.54) is 0 Å². The maximum atomic E-state index is 3.68. The van der Waals surface area contributed by atoms with Crippen molar-refractivity contribution in [2.75, 3.05) is 27.2 Å². The van der Waals surface area contributed by atoms with Gasteiger partial charge in [-0.25, -0.2) is 0 Å². The Morgan fingerprint density at radius 2 is 2.14 bits per heavy atom. The Morgan fingerprint density at radius 3 is 2.29 bits per heavy atom. The van der Waals surface area contributed by atoms with E-state index >= 15 is 0 Å². The van der Waals surface area contributed by atoms with Gasteiger partial charge in [0.2, 0.25) is 0 Å². The first kappa shape index (κ1) is 6.63. The van der Waals surface area contributed by atoms with Crippen LogP contribution in [0.5, 0.6) is 0 Å². The molecule has 2 nitrogen and oxygen atoms in total. The quantitative estimate of drug-likeness (QED) is 0.464. The SMILES string of the molecule is C=NCCN(C)C. The van der Waals surface area contributed by atoms with E-state index in [0.717, 1.165) is 13.1 Å². The maximum Gasteiger partial charge on any atom is 0.0509 e. The van der Waals surface area contributed by atoms with Crippen LogP contribution in [0.1, 0.15) is 0 Å². The van der Waals surface area contributed by atoms with Crippen LogP contribution in [0.2, 0.25) is 0 Å². The minimum atomic E-state index is 0.840. The van der Waals surface area contributed by atoms with Gasteiger partial charge in [-0.15, -0.1) is 0 Å². The average molecular weight is 100 g/mol. The second-order valence-corrected chi connectivity index (χ2v) is 1.75. The lowest BCUT2D eigenvalue weighted by Crippen LogP contribution is -2.14. The number of likely N-dealkylation sites (N-methyl/N-ethyl adjacent to an activating group) is 1. The lowest BCUT2D eigenvalue weighted by Gasteiger charge is -2.04. The van der Waals surface area contributed by atoms with Gasteiger partial charge in [0, 0.05) is 6.54 Å². The Kier molecular flexibility index (Phi) is 3.61. The fourth-order valence-corrected chi connectivity index (χ4v) is 0.271. The van der Waals surface area contributed by atoms with E-state index < -0.39 is 0 Å². The highest BCUT2D eigenvalue weighted by atomic mass is 15.1. The van der Waals surface area contributed by atoms with Crippen molar-refractivity contribution >= 4 is 6.72 Å². The summed E-state index contributed by atoms with van der Waals surface area (Å²) in [5.41, 5.74) is 0. The molecule has 0 saturated carbocycles. The van der Waals surface area contributed by atoms with Gasteiger partial charge in [0.1, 0.15) is 0 Å². The van der Waals surface area contributed by atoms with Crippen LogP contribution >= 0.6 is 0 Å². The summed E-state index contributed by atoms with van der Waals surface area (Å²) in [6, 6.07) is 0. The predicted octanol–water partition coefficient (Wildman–Crippen LogP) is 0.249. The molecule has 0 aromatic carbocycles. The molecule has 0 aromatic rings. The van der Waals surface area contributed by atoms with Crippen LogP contribution < -0.4 is 0 Å². The molecule has 0 aromatic heterocycles. The highest BCUT2D eigenvalue weighted by Crippen LogP contribution is 1.71. The van der Waals surface area contributed by atoms with Gasteiger partial charge in [0.25, 0.3) is 0 Å². The van der Waals surface area contributed by atoms with Crippen molar-refractivity contribution < 1.29 is 0 Å². The van der Waals surface area contributed by atoms with Gasteiger partial charge in [-0.1, -0.05) is 0 Å². The molecule has 0 atom stereocenters. The second-order valence-electron chi connectivity index (χ2n) is 1.75. The molecule has 0 spiro atoms. The van der Waals surface area contributed by atoms with Crippen LogP contribution in [0.15, 0.2) is 4.99 Å². The summed E-state index contributed by atoms with van der Waals surface area (Å²) in [5, 5.41) is 0. The molecule has 2 heteroatoms. The van der Waals surface area contributed by atoms with Crippen molar-refractivity contribution in [2.24, 2.45) is 4.99 Å².